The van der Waals surface area contributed by atoms with E-state index in [0.717, 1.165) is 29.2 Å². The summed E-state index contributed by atoms with van der Waals surface area (Å²) in [6, 6.07) is 5.64. The van der Waals surface area contributed by atoms with Crippen molar-refractivity contribution in [1.82, 2.24) is 9.97 Å². The highest BCUT2D eigenvalue weighted by Gasteiger charge is 2.16. The van der Waals surface area contributed by atoms with E-state index < -0.39 is 17.6 Å². The van der Waals surface area contributed by atoms with Crippen LogP contribution in [0.25, 0.3) is 0 Å². The molecule has 0 radical (unpaired) electrons. The molecule has 27 heavy (non-hydrogen) atoms. The summed E-state index contributed by atoms with van der Waals surface area (Å²) in [6.45, 7) is 3.52. The maximum Gasteiger partial charge on any atom is 0.276 e. The Hall–Kier alpha value is -3.33. The summed E-state index contributed by atoms with van der Waals surface area (Å²) in [7, 11) is 0. The molecular formula is C18H15FN4O3S. The molecule has 3 aromatic rings. The van der Waals surface area contributed by atoms with Gasteiger partial charge < -0.3 is 10.4 Å². The first-order valence-corrected chi connectivity index (χ1v) is 8.66. The maximum absolute atomic E-state index is 12.9. The number of halogens is 1. The molecule has 0 bridgehead atoms. The number of nitrogens with one attached hydrogen (secondary N) is 2. The van der Waals surface area contributed by atoms with Gasteiger partial charge in [-0.1, -0.05) is 17.4 Å². The lowest BCUT2D eigenvalue weighted by Crippen LogP contribution is -2.13. The summed E-state index contributed by atoms with van der Waals surface area (Å²) in [6.07, 6.45) is 2.27. The maximum atomic E-state index is 12.9. The van der Waals surface area contributed by atoms with Crippen molar-refractivity contribution in [2.24, 2.45) is 0 Å². The number of nitrogens with zero attached hydrogens (tertiary/aromatic N) is 2. The van der Waals surface area contributed by atoms with Gasteiger partial charge in [-0.2, -0.15) is 0 Å². The third-order valence-corrected chi connectivity index (χ3v) is 4.70. The monoisotopic (exact) mass is 386 g/mol. The summed E-state index contributed by atoms with van der Waals surface area (Å²) in [5.41, 5.74) is 1.92. The molecule has 2 aromatic heterocycles. The number of carbonyl (C=O) groups excluding carboxylic acids is 2. The molecule has 0 fully saturated rings. The molecule has 7 nitrogen and oxygen atoms in total. The standard InChI is InChI=1S/C18H15FN4O3S/c1-9-3-6-13(24)10(2)15(9)22-17(26)14-8-21-18(27-14)23-16(25)12-5-4-11(19)7-20-12/h3-8,24H,1-2H3,(H,22,26)(H,21,23,25). The van der Waals surface area contributed by atoms with Crippen LogP contribution in [0, 0.1) is 19.7 Å². The zero-order chi connectivity index (χ0) is 19.6. The van der Waals surface area contributed by atoms with Crippen molar-refractivity contribution in [3.8, 4) is 5.75 Å². The highest BCUT2D eigenvalue weighted by molar-refractivity contribution is 7.17. The number of phenolic OH excluding ortho intramolecular Hbond substituents is 1. The molecule has 2 amide bonds. The molecule has 138 valence electrons. The highest BCUT2D eigenvalue weighted by atomic mass is 32.1. The largest absolute Gasteiger partial charge is 0.508 e. The van der Waals surface area contributed by atoms with E-state index in [-0.39, 0.29) is 21.5 Å². The fourth-order valence-corrected chi connectivity index (χ4v) is 3.02. The Morgan fingerprint density at radius 2 is 1.81 bits per heavy atom. The Morgan fingerprint density at radius 1 is 1.04 bits per heavy atom. The first kappa shape index (κ1) is 18.5. The molecule has 0 aliphatic heterocycles. The predicted molar refractivity (Wildman–Crippen MR) is 99.8 cm³/mol. The third kappa shape index (κ3) is 4.09. The van der Waals surface area contributed by atoms with Crippen molar-refractivity contribution < 1.29 is 19.1 Å². The fourth-order valence-electron chi connectivity index (χ4n) is 2.31. The molecular weight excluding hydrogens is 371 g/mol. The van der Waals surface area contributed by atoms with E-state index in [1.807, 2.05) is 6.92 Å². The molecule has 1 aromatic carbocycles. The quantitative estimate of drug-likeness (QED) is 0.637. The van der Waals surface area contributed by atoms with Crippen molar-refractivity contribution >= 4 is 34.0 Å². The summed E-state index contributed by atoms with van der Waals surface area (Å²) >= 11 is 0.983. The first-order valence-electron chi connectivity index (χ1n) is 7.84. The number of anilines is 2. The summed E-state index contributed by atoms with van der Waals surface area (Å²) in [5.74, 6) is -1.43. The molecule has 0 aliphatic carbocycles. The second kappa shape index (κ2) is 7.50. The van der Waals surface area contributed by atoms with Crippen LogP contribution in [-0.2, 0) is 0 Å². The molecule has 0 saturated heterocycles. The van der Waals surface area contributed by atoms with E-state index in [2.05, 4.69) is 20.6 Å². The Morgan fingerprint density at radius 3 is 2.52 bits per heavy atom. The number of aryl methyl sites for hydroxylation is 1. The topological polar surface area (TPSA) is 104 Å². The lowest BCUT2D eigenvalue weighted by atomic mass is 10.1. The van der Waals surface area contributed by atoms with Gasteiger partial charge in [0.05, 0.1) is 18.1 Å². The minimum absolute atomic E-state index is 0.0311. The number of benzene rings is 1. The normalized spacial score (nSPS) is 10.5. The summed E-state index contributed by atoms with van der Waals surface area (Å²) in [5, 5.41) is 15.3. The minimum Gasteiger partial charge on any atom is -0.508 e. The lowest BCUT2D eigenvalue weighted by Gasteiger charge is -2.11. The van der Waals surface area contributed by atoms with Gasteiger partial charge in [-0.3, -0.25) is 14.9 Å². The van der Waals surface area contributed by atoms with Gasteiger partial charge >= 0.3 is 0 Å². The van der Waals surface area contributed by atoms with Crippen LogP contribution in [0.2, 0.25) is 0 Å². The molecule has 0 saturated carbocycles. The molecule has 9 heteroatoms. The van der Waals surface area contributed by atoms with Gasteiger partial charge in [-0.15, -0.1) is 0 Å². The van der Waals surface area contributed by atoms with Gasteiger partial charge in [0.1, 0.15) is 22.1 Å². The molecule has 0 atom stereocenters. The second-order valence-corrected chi connectivity index (χ2v) is 6.73. The molecule has 2 heterocycles. The number of thiazole rings is 1. The van der Waals surface area contributed by atoms with Gasteiger partial charge in [-0.25, -0.2) is 14.4 Å². The Bertz CT molecular complexity index is 1020. The Balaban J connectivity index is 1.72. The van der Waals surface area contributed by atoms with E-state index in [4.69, 9.17) is 0 Å². The number of pyridine rings is 1. The van der Waals surface area contributed by atoms with Crippen molar-refractivity contribution in [2.75, 3.05) is 10.6 Å². The van der Waals surface area contributed by atoms with Crippen LogP contribution in [0.3, 0.4) is 0 Å². The van der Waals surface area contributed by atoms with Crippen LogP contribution in [0.15, 0.2) is 36.7 Å². The van der Waals surface area contributed by atoms with Crippen molar-refractivity contribution in [2.45, 2.75) is 13.8 Å². The number of hydrogen-bond donors (Lipinski definition) is 3. The van der Waals surface area contributed by atoms with E-state index >= 15 is 0 Å². The van der Waals surface area contributed by atoms with Crippen LogP contribution in [0.4, 0.5) is 15.2 Å². The average Bonchev–Trinajstić information content (AvgIpc) is 3.11. The average molecular weight is 386 g/mol. The second-order valence-electron chi connectivity index (χ2n) is 5.70. The van der Waals surface area contributed by atoms with E-state index in [0.29, 0.717) is 11.3 Å². The van der Waals surface area contributed by atoms with Crippen molar-refractivity contribution in [1.29, 1.82) is 0 Å². The van der Waals surface area contributed by atoms with Gasteiger partial charge in [0.15, 0.2) is 5.13 Å². The van der Waals surface area contributed by atoms with Crippen LogP contribution in [-0.4, -0.2) is 26.9 Å². The summed E-state index contributed by atoms with van der Waals surface area (Å²) in [4.78, 5) is 32.5. The number of aromatic hydroxyl groups is 1. The number of carbonyl (C=O) groups is 2. The Labute approximate surface area is 157 Å². The number of phenols is 1. The molecule has 0 spiro atoms. The number of aromatic nitrogens is 2. The van der Waals surface area contributed by atoms with E-state index in [1.54, 1.807) is 19.1 Å². The Kier molecular flexibility index (Phi) is 5.13. The first-order chi connectivity index (χ1) is 12.8. The third-order valence-electron chi connectivity index (χ3n) is 3.79. The number of rotatable bonds is 4. The number of amides is 2. The fraction of sp³-hybridized carbons (Fsp3) is 0.111. The van der Waals surface area contributed by atoms with Gasteiger partial charge in [0.25, 0.3) is 11.8 Å². The molecule has 3 rings (SSSR count). The van der Waals surface area contributed by atoms with Gasteiger partial charge in [-0.05, 0) is 37.6 Å². The predicted octanol–water partition coefficient (Wildman–Crippen LogP) is 3.50. The molecule has 0 aliphatic rings. The molecule has 3 N–H and O–H groups in total. The van der Waals surface area contributed by atoms with Crippen LogP contribution < -0.4 is 10.6 Å². The van der Waals surface area contributed by atoms with Crippen molar-refractivity contribution in [3.63, 3.8) is 0 Å². The smallest absolute Gasteiger partial charge is 0.276 e. The van der Waals surface area contributed by atoms with Crippen LogP contribution in [0.5, 0.6) is 5.75 Å². The highest BCUT2D eigenvalue weighted by Crippen LogP contribution is 2.29. The SMILES string of the molecule is Cc1ccc(O)c(C)c1NC(=O)c1cnc(NC(=O)c2ccc(F)cn2)s1. The van der Waals surface area contributed by atoms with E-state index in [9.17, 15) is 19.1 Å². The van der Waals surface area contributed by atoms with Gasteiger partial charge in [0, 0.05) is 5.56 Å². The summed E-state index contributed by atoms with van der Waals surface area (Å²) < 4.78 is 12.9. The van der Waals surface area contributed by atoms with Gasteiger partial charge in [0.2, 0.25) is 0 Å². The number of hydrogen-bond acceptors (Lipinski definition) is 6. The van der Waals surface area contributed by atoms with Crippen LogP contribution in [0.1, 0.15) is 31.3 Å². The zero-order valence-corrected chi connectivity index (χ0v) is 15.2. The molecule has 0 unspecified atom stereocenters. The zero-order valence-electron chi connectivity index (χ0n) is 14.4. The van der Waals surface area contributed by atoms with Crippen LogP contribution >= 0.6 is 11.3 Å². The lowest BCUT2D eigenvalue weighted by molar-refractivity contribution is 0.101. The van der Waals surface area contributed by atoms with E-state index in [1.165, 1.54) is 12.3 Å². The minimum atomic E-state index is -0.559. The van der Waals surface area contributed by atoms with Crippen molar-refractivity contribution in [3.05, 3.63) is 64.2 Å².